The molecular weight excluding hydrogens is 350 g/mol. The van der Waals surface area contributed by atoms with Crippen molar-refractivity contribution in [2.24, 2.45) is 0 Å². The Hall–Kier alpha value is -2.49. The highest BCUT2D eigenvalue weighted by atomic mass is 16.5. The van der Waals surface area contributed by atoms with Gasteiger partial charge in [-0.15, -0.1) is 0 Å². The molecule has 0 unspecified atom stereocenters. The standard InChI is InChI=1S/C24H33NO3/c1-7-22(28-20-10-8-19(9-11-20)24(4,5)6)23(26)25-12-13-27-21-15-17(2)14-18(3)16-21/h8-11,14-16,22H,7,12-13H2,1-6H3,(H,25,26)/t22-/m0/s1. The fourth-order valence-electron chi connectivity index (χ4n) is 2.99. The maximum Gasteiger partial charge on any atom is 0.261 e. The van der Waals surface area contributed by atoms with Crippen LogP contribution in [0.2, 0.25) is 0 Å². The van der Waals surface area contributed by atoms with E-state index in [0.29, 0.717) is 25.3 Å². The summed E-state index contributed by atoms with van der Waals surface area (Å²) in [6.45, 7) is 13.4. The summed E-state index contributed by atoms with van der Waals surface area (Å²) >= 11 is 0. The van der Waals surface area contributed by atoms with Crippen molar-refractivity contribution in [2.75, 3.05) is 13.2 Å². The highest BCUT2D eigenvalue weighted by Gasteiger charge is 2.19. The fraction of sp³-hybridized carbons (Fsp3) is 0.458. The van der Waals surface area contributed by atoms with Crippen molar-refractivity contribution in [1.29, 1.82) is 0 Å². The van der Waals surface area contributed by atoms with Crippen molar-refractivity contribution in [3.63, 3.8) is 0 Å². The summed E-state index contributed by atoms with van der Waals surface area (Å²) in [5.41, 5.74) is 3.66. The van der Waals surface area contributed by atoms with E-state index in [2.05, 4.69) is 44.3 Å². The van der Waals surface area contributed by atoms with E-state index in [4.69, 9.17) is 9.47 Å². The third kappa shape index (κ3) is 6.59. The molecule has 2 aromatic rings. The predicted octanol–water partition coefficient (Wildman–Crippen LogP) is 4.95. The molecule has 0 bridgehead atoms. The van der Waals surface area contributed by atoms with Crippen LogP contribution in [0.15, 0.2) is 42.5 Å². The van der Waals surface area contributed by atoms with E-state index >= 15 is 0 Å². The van der Waals surface area contributed by atoms with Crippen LogP contribution in [0.3, 0.4) is 0 Å². The van der Waals surface area contributed by atoms with Crippen LogP contribution in [0, 0.1) is 13.8 Å². The van der Waals surface area contributed by atoms with Gasteiger partial charge in [0.1, 0.15) is 18.1 Å². The lowest BCUT2D eigenvalue weighted by Crippen LogP contribution is -2.39. The Morgan fingerprint density at radius 2 is 1.61 bits per heavy atom. The maximum absolute atomic E-state index is 12.4. The van der Waals surface area contributed by atoms with Gasteiger partial charge in [0.05, 0.1) is 6.54 Å². The number of hydrogen-bond acceptors (Lipinski definition) is 3. The molecule has 0 saturated carbocycles. The van der Waals surface area contributed by atoms with Gasteiger partial charge in [-0.3, -0.25) is 4.79 Å². The zero-order valence-corrected chi connectivity index (χ0v) is 18.0. The van der Waals surface area contributed by atoms with Crippen LogP contribution in [0.4, 0.5) is 0 Å². The normalized spacial score (nSPS) is 12.4. The number of carbonyl (C=O) groups excluding carboxylic acids is 1. The first-order valence-electron chi connectivity index (χ1n) is 9.95. The van der Waals surface area contributed by atoms with Gasteiger partial charge in [-0.05, 0) is 66.6 Å². The molecule has 0 heterocycles. The van der Waals surface area contributed by atoms with Gasteiger partial charge < -0.3 is 14.8 Å². The molecule has 4 nitrogen and oxygen atoms in total. The zero-order valence-electron chi connectivity index (χ0n) is 18.0. The molecular formula is C24H33NO3. The molecule has 0 saturated heterocycles. The molecule has 2 rings (SSSR count). The molecule has 1 atom stereocenters. The number of benzene rings is 2. The van der Waals surface area contributed by atoms with Gasteiger partial charge in [0, 0.05) is 0 Å². The fourth-order valence-corrected chi connectivity index (χ4v) is 2.99. The SMILES string of the molecule is CC[C@H](Oc1ccc(C(C)(C)C)cc1)C(=O)NCCOc1cc(C)cc(C)c1. The maximum atomic E-state index is 12.4. The molecule has 152 valence electrons. The van der Waals surface area contributed by atoms with Crippen LogP contribution < -0.4 is 14.8 Å². The average molecular weight is 384 g/mol. The van der Waals surface area contributed by atoms with Crippen LogP contribution in [-0.4, -0.2) is 25.2 Å². The molecule has 0 radical (unpaired) electrons. The summed E-state index contributed by atoms with van der Waals surface area (Å²) in [5.74, 6) is 1.42. The molecule has 0 spiro atoms. The largest absolute Gasteiger partial charge is 0.492 e. The van der Waals surface area contributed by atoms with E-state index in [-0.39, 0.29) is 11.3 Å². The second kappa shape index (κ2) is 9.63. The monoisotopic (exact) mass is 383 g/mol. The first kappa shape index (κ1) is 21.8. The third-order valence-corrected chi connectivity index (χ3v) is 4.53. The summed E-state index contributed by atoms with van der Waals surface area (Å²) in [5, 5.41) is 2.90. The lowest BCUT2D eigenvalue weighted by atomic mass is 9.87. The molecule has 2 aromatic carbocycles. The number of nitrogens with one attached hydrogen (secondary N) is 1. The lowest BCUT2D eigenvalue weighted by molar-refractivity contribution is -0.128. The predicted molar refractivity (Wildman–Crippen MR) is 114 cm³/mol. The summed E-state index contributed by atoms with van der Waals surface area (Å²) in [4.78, 5) is 12.4. The summed E-state index contributed by atoms with van der Waals surface area (Å²) in [7, 11) is 0. The highest BCUT2D eigenvalue weighted by molar-refractivity contribution is 5.81. The number of carbonyl (C=O) groups is 1. The molecule has 1 amide bonds. The number of amides is 1. The number of hydrogen-bond donors (Lipinski definition) is 1. The Bertz CT molecular complexity index is 755. The minimum Gasteiger partial charge on any atom is -0.492 e. The first-order chi connectivity index (χ1) is 13.2. The lowest BCUT2D eigenvalue weighted by Gasteiger charge is -2.21. The van der Waals surface area contributed by atoms with Gasteiger partial charge in [0.2, 0.25) is 0 Å². The van der Waals surface area contributed by atoms with Crippen molar-refractivity contribution in [3.8, 4) is 11.5 Å². The molecule has 0 aliphatic rings. The minimum absolute atomic E-state index is 0.0932. The van der Waals surface area contributed by atoms with Crippen LogP contribution in [0.1, 0.15) is 50.8 Å². The average Bonchev–Trinajstić information content (AvgIpc) is 2.62. The van der Waals surface area contributed by atoms with Gasteiger partial charge in [-0.1, -0.05) is 45.9 Å². The second-order valence-electron chi connectivity index (χ2n) is 8.25. The van der Waals surface area contributed by atoms with Crippen molar-refractivity contribution >= 4 is 5.91 Å². The molecule has 28 heavy (non-hydrogen) atoms. The van der Waals surface area contributed by atoms with E-state index in [0.717, 1.165) is 16.9 Å². The van der Waals surface area contributed by atoms with Gasteiger partial charge in [0.25, 0.3) is 5.91 Å². The summed E-state index contributed by atoms with van der Waals surface area (Å²) < 4.78 is 11.6. The van der Waals surface area contributed by atoms with Crippen LogP contribution in [-0.2, 0) is 10.2 Å². The Labute approximate surface area is 169 Å². The first-order valence-corrected chi connectivity index (χ1v) is 9.95. The Morgan fingerprint density at radius 3 is 2.14 bits per heavy atom. The zero-order chi connectivity index (χ0) is 20.7. The number of ether oxygens (including phenoxy) is 2. The molecule has 0 fully saturated rings. The second-order valence-corrected chi connectivity index (χ2v) is 8.25. The van der Waals surface area contributed by atoms with E-state index in [9.17, 15) is 4.79 Å². The van der Waals surface area contributed by atoms with Gasteiger partial charge in [-0.2, -0.15) is 0 Å². The minimum atomic E-state index is -0.512. The quantitative estimate of drug-likeness (QED) is 0.656. The smallest absolute Gasteiger partial charge is 0.261 e. The Balaban J connectivity index is 1.82. The number of aryl methyl sites for hydroxylation is 2. The highest BCUT2D eigenvalue weighted by Crippen LogP contribution is 2.25. The molecule has 4 heteroatoms. The molecule has 0 aromatic heterocycles. The Morgan fingerprint density at radius 1 is 1.00 bits per heavy atom. The molecule has 1 N–H and O–H groups in total. The molecule has 0 aliphatic heterocycles. The van der Waals surface area contributed by atoms with E-state index in [1.165, 1.54) is 5.56 Å². The van der Waals surface area contributed by atoms with Crippen molar-refractivity contribution in [2.45, 2.75) is 59.5 Å². The van der Waals surface area contributed by atoms with Gasteiger partial charge >= 0.3 is 0 Å². The number of rotatable bonds is 8. The van der Waals surface area contributed by atoms with Crippen LogP contribution >= 0.6 is 0 Å². The van der Waals surface area contributed by atoms with Crippen molar-refractivity contribution in [3.05, 3.63) is 59.2 Å². The van der Waals surface area contributed by atoms with Crippen LogP contribution in [0.5, 0.6) is 11.5 Å². The van der Waals surface area contributed by atoms with E-state index < -0.39 is 6.10 Å². The van der Waals surface area contributed by atoms with Crippen molar-refractivity contribution < 1.29 is 14.3 Å². The third-order valence-electron chi connectivity index (χ3n) is 4.53. The summed E-state index contributed by atoms with van der Waals surface area (Å²) in [6.07, 6.45) is 0.0897. The van der Waals surface area contributed by atoms with Gasteiger partial charge in [0.15, 0.2) is 6.10 Å². The van der Waals surface area contributed by atoms with Crippen molar-refractivity contribution in [1.82, 2.24) is 5.32 Å². The van der Waals surface area contributed by atoms with Gasteiger partial charge in [-0.25, -0.2) is 0 Å². The summed E-state index contributed by atoms with van der Waals surface area (Å²) in [6, 6.07) is 14.1. The van der Waals surface area contributed by atoms with E-state index in [1.807, 2.05) is 45.0 Å². The topological polar surface area (TPSA) is 47.6 Å². The Kier molecular flexibility index (Phi) is 7.50. The molecule has 0 aliphatic carbocycles. The van der Waals surface area contributed by atoms with E-state index in [1.54, 1.807) is 0 Å². The van der Waals surface area contributed by atoms with Crippen LogP contribution in [0.25, 0.3) is 0 Å².